The summed E-state index contributed by atoms with van der Waals surface area (Å²) in [6.45, 7) is 5.74. The molecule has 1 fully saturated rings. The quantitative estimate of drug-likeness (QED) is 0.598. The van der Waals surface area contributed by atoms with E-state index in [1.54, 1.807) is 12.1 Å². The summed E-state index contributed by atoms with van der Waals surface area (Å²) in [4.78, 5) is 27.6. The van der Waals surface area contributed by atoms with E-state index in [1.807, 2.05) is 31.2 Å². The number of benzene rings is 2. The minimum Gasteiger partial charge on any atom is -0.319 e. The third-order valence-corrected chi connectivity index (χ3v) is 5.18. The largest absolute Gasteiger partial charge is 0.319 e. The van der Waals surface area contributed by atoms with Gasteiger partial charge in [-0.15, -0.1) is 0 Å². The zero-order valence-corrected chi connectivity index (χ0v) is 16.2. The minimum absolute atomic E-state index is 0.111. The molecule has 3 rings (SSSR count). The number of nitro groups is 1. The van der Waals surface area contributed by atoms with Crippen LogP contribution in [0.25, 0.3) is 0 Å². The molecular weight excluding hydrogens is 370 g/mol. The van der Waals surface area contributed by atoms with Crippen LogP contribution in [0.5, 0.6) is 0 Å². The second-order valence-corrected chi connectivity index (χ2v) is 7.06. The Morgan fingerprint density at radius 3 is 2.45 bits per heavy atom. The molecule has 1 saturated heterocycles. The number of nitriles is 1. The highest BCUT2D eigenvalue weighted by atomic mass is 16.6. The third kappa shape index (κ3) is 5.16. The average molecular weight is 393 g/mol. The van der Waals surface area contributed by atoms with E-state index in [4.69, 9.17) is 5.26 Å². The van der Waals surface area contributed by atoms with Crippen LogP contribution in [0.1, 0.15) is 18.1 Å². The fraction of sp³-hybridized carbons (Fsp3) is 0.333. The highest BCUT2D eigenvalue weighted by Crippen LogP contribution is 2.23. The molecule has 1 aliphatic heterocycles. The normalized spacial score (nSPS) is 16.0. The van der Waals surface area contributed by atoms with E-state index in [2.05, 4.69) is 21.2 Å². The average Bonchev–Trinajstić information content (AvgIpc) is 2.74. The van der Waals surface area contributed by atoms with Gasteiger partial charge < -0.3 is 5.32 Å². The molecule has 1 N–H and O–H groups in total. The van der Waals surface area contributed by atoms with Gasteiger partial charge in [0.25, 0.3) is 5.69 Å². The number of para-hydroxylation sites is 2. The number of hydrogen-bond donors (Lipinski definition) is 1. The molecule has 0 radical (unpaired) electrons. The summed E-state index contributed by atoms with van der Waals surface area (Å²) < 4.78 is 0. The van der Waals surface area contributed by atoms with Crippen molar-refractivity contribution in [2.45, 2.75) is 19.5 Å². The Labute approximate surface area is 169 Å². The van der Waals surface area contributed by atoms with E-state index in [0.717, 1.165) is 38.3 Å². The first-order chi connectivity index (χ1) is 14.0. The molecule has 0 aromatic heterocycles. The smallest absolute Gasteiger partial charge is 0.292 e. The van der Waals surface area contributed by atoms with Gasteiger partial charge in [-0.2, -0.15) is 5.26 Å². The van der Waals surface area contributed by atoms with Crippen molar-refractivity contribution in [3.05, 3.63) is 69.8 Å². The van der Waals surface area contributed by atoms with E-state index < -0.39 is 4.92 Å². The summed E-state index contributed by atoms with van der Waals surface area (Å²) in [5.41, 5.74) is 1.91. The summed E-state index contributed by atoms with van der Waals surface area (Å²) >= 11 is 0. The monoisotopic (exact) mass is 393 g/mol. The summed E-state index contributed by atoms with van der Waals surface area (Å²) in [6.07, 6.45) is 0. The van der Waals surface area contributed by atoms with Gasteiger partial charge in [-0.25, -0.2) is 0 Å². The fourth-order valence-electron chi connectivity index (χ4n) is 3.39. The van der Waals surface area contributed by atoms with Crippen molar-refractivity contribution >= 4 is 17.3 Å². The Hall–Kier alpha value is -3.28. The van der Waals surface area contributed by atoms with Crippen molar-refractivity contribution in [3.63, 3.8) is 0 Å². The summed E-state index contributed by atoms with van der Waals surface area (Å²) in [5.74, 6) is -0.250. The molecule has 1 atom stereocenters. The Bertz CT molecular complexity index is 915. The van der Waals surface area contributed by atoms with Gasteiger partial charge in [-0.3, -0.25) is 24.7 Å². The van der Waals surface area contributed by atoms with Crippen LogP contribution in [0, 0.1) is 21.4 Å². The molecule has 0 bridgehead atoms. The SMILES string of the molecule is CC(C(=O)Nc1ccccc1[N+](=O)[O-])N1CCN(Cc2ccc(C#N)cc2)CC1. The van der Waals surface area contributed by atoms with Crippen LogP contribution in [0.3, 0.4) is 0 Å². The molecule has 0 saturated carbocycles. The molecule has 0 spiro atoms. The van der Waals surface area contributed by atoms with E-state index in [-0.39, 0.29) is 23.3 Å². The molecule has 8 heteroatoms. The number of nitro benzene ring substituents is 1. The molecule has 1 unspecified atom stereocenters. The first kappa shape index (κ1) is 20.5. The van der Waals surface area contributed by atoms with Crippen LogP contribution in [0.4, 0.5) is 11.4 Å². The van der Waals surface area contributed by atoms with Crippen molar-refractivity contribution in [2.75, 3.05) is 31.5 Å². The molecule has 1 amide bonds. The van der Waals surface area contributed by atoms with Crippen LogP contribution in [0.2, 0.25) is 0 Å². The highest BCUT2D eigenvalue weighted by molar-refractivity contribution is 5.96. The van der Waals surface area contributed by atoms with Crippen molar-refractivity contribution in [2.24, 2.45) is 0 Å². The van der Waals surface area contributed by atoms with Gasteiger partial charge in [0.2, 0.25) is 5.91 Å². The predicted octanol–water partition coefficient (Wildman–Crippen LogP) is 2.61. The van der Waals surface area contributed by atoms with Crippen LogP contribution < -0.4 is 5.32 Å². The van der Waals surface area contributed by atoms with Gasteiger partial charge in [-0.1, -0.05) is 24.3 Å². The number of piperazine rings is 1. The highest BCUT2D eigenvalue weighted by Gasteiger charge is 2.27. The summed E-state index contributed by atoms with van der Waals surface area (Å²) in [5, 5.41) is 22.7. The van der Waals surface area contributed by atoms with Gasteiger partial charge >= 0.3 is 0 Å². The molecule has 2 aromatic rings. The summed E-state index contributed by atoms with van der Waals surface area (Å²) in [7, 11) is 0. The lowest BCUT2D eigenvalue weighted by atomic mass is 10.1. The molecule has 0 aliphatic carbocycles. The molecule has 1 aliphatic rings. The van der Waals surface area contributed by atoms with E-state index >= 15 is 0 Å². The third-order valence-electron chi connectivity index (χ3n) is 5.18. The minimum atomic E-state index is -0.498. The van der Waals surface area contributed by atoms with Crippen LogP contribution >= 0.6 is 0 Å². The van der Waals surface area contributed by atoms with Gasteiger partial charge in [0.15, 0.2) is 0 Å². The van der Waals surface area contributed by atoms with Crippen molar-refractivity contribution in [1.82, 2.24) is 9.80 Å². The Morgan fingerprint density at radius 2 is 1.83 bits per heavy atom. The lowest BCUT2D eigenvalue weighted by Gasteiger charge is -2.37. The molecule has 8 nitrogen and oxygen atoms in total. The number of anilines is 1. The maximum atomic E-state index is 12.6. The molecule has 1 heterocycles. The summed E-state index contributed by atoms with van der Waals surface area (Å²) in [6, 6.07) is 15.5. The van der Waals surface area contributed by atoms with E-state index in [9.17, 15) is 14.9 Å². The van der Waals surface area contributed by atoms with Crippen molar-refractivity contribution in [3.8, 4) is 6.07 Å². The van der Waals surface area contributed by atoms with Gasteiger partial charge in [0.05, 0.1) is 22.6 Å². The van der Waals surface area contributed by atoms with Gasteiger partial charge in [-0.05, 0) is 30.7 Å². The second-order valence-electron chi connectivity index (χ2n) is 7.06. The second kappa shape index (κ2) is 9.28. The van der Waals surface area contributed by atoms with Crippen LogP contribution in [-0.2, 0) is 11.3 Å². The lowest BCUT2D eigenvalue weighted by Crippen LogP contribution is -2.52. The molecular formula is C21H23N5O3. The molecule has 2 aromatic carbocycles. The maximum absolute atomic E-state index is 12.6. The standard InChI is InChI=1S/C21H23N5O3/c1-16(21(27)23-19-4-2-3-5-20(19)26(28)29)25-12-10-24(11-13-25)15-18-8-6-17(14-22)7-9-18/h2-9,16H,10-13,15H2,1H3,(H,23,27). The molecule has 150 valence electrons. The van der Waals surface area contributed by atoms with E-state index in [1.165, 1.54) is 12.1 Å². The zero-order chi connectivity index (χ0) is 20.8. The number of hydrogen-bond acceptors (Lipinski definition) is 6. The van der Waals surface area contributed by atoms with E-state index in [0.29, 0.717) is 5.56 Å². The van der Waals surface area contributed by atoms with Crippen LogP contribution in [-0.4, -0.2) is 52.9 Å². The lowest BCUT2D eigenvalue weighted by molar-refractivity contribution is -0.383. The Balaban J connectivity index is 1.53. The fourth-order valence-corrected chi connectivity index (χ4v) is 3.39. The number of carbonyl (C=O) groups is 1. The number of rotatable bonds is 6. The predicted molar refractivity (Wildman–Crippen MR) is 109 cm³/mol. The number of nitrogens with zero attached hydrogens (tertiary/aromatic N) is 4. The van der Waals surface area contributed by atoms with Crippen LogP contribution in [0.15, 0.2) is 48.5 Å². The first-order valence-corrected chi connectivity index (χ1v) is 9.47. The first-order valence-electron chi connectivity index (χ1n) is 9.47. The Kier molecular flexibility index (Phi) is 6.54. The Morgan fingerprint density at radius 1 is 1.17 bits per heavy atom. The van der Waals surface area contributed by atoms with Crippen molar-refractivity contribution < 1.29 is 9.72 Å². The topological polar surface area (TPSA) is 103 Å². The zero-order valence-electron chi connectivity index (χ0n) is 16.2. The number of amides is 1. The number of carbonyl (C=O) groups excluding carboxylic acids is 1. The number of nitrogens with one attached hydrogen (secondary N) is 1. The van der Waals surface area contributed by atoms with Gasteiger partial charge in [0.1, 0.15) is 5.69 Å². The van der Waals surface area contributed by atoms with Gasteiger partial charge in [0, 0.05) is 38.8 Å². The molecule has 29 heavy (non-hydrogen) atoms. The van der Waals surface area contributed by atoms with Crippen molar-refractivity contribution in [1.29, 1.82) is 5.26 Å². The maximum Gasteiger partial charge on any atom is 0.292 e.